The largest absolute Gasteiger partial charge is 0.230 e. The van der Waals surface area contributed by atoms with Crippen LogP contribution in [-0.4, -0.2) is 0 Å². The van der Waals surface area contributed by atoms with E-state index in [0.717, 1.165) is 10.8 Å². The van der Waals surface area contributed by atoms with Crippen LogP contribution >= 0.6 is 15.9 Å². The summed E-state index contributed by atoms with van der Waals surface area (Å²) in [6, 6.07) is 13.4. The number of alkyl halides is 2. The fourth-order valence-corrected chi connectivity index (χ4v) is 1.84. The minimum Gasteiger partial charge on any atom is -0.230 e. The number of fused-ring (bicyclic) bond motifs is 1. The van der Waals surface area contributed by atoms with Gasteiger partial charge < -0.3 is 0 Å². The van der Waals surface area contributed by atoms with Crippen molar-refractivity contribution in [2.45, 2.75) is 5.08 Å². The Balaban J connectivity index is 2.76. The maximum absolute atomic E-state index is 13.1. The summed E-state index contributed by atoms with van der Waals surface area (Å²) in [5.41, 5.74) is 0.693. The van der Waals surface area contributed by atoms with Crippen LogP contribution in [0.5, 0.6) is 0 Å². The molecule has 13 heavy (non-hydrogen) atoms. The summed E-state index contributed by atoms with van der Waals surface area (Å²) in [5.74, 6) is 0. The molecule has 0 fully saturated rings. The highest BCUT2D eigenvalue weighted by atomic mass is 79.9. The van der Waals surface area contributed by atoms with Crippen LogP contribution in [0, 0.1) is 0 Å². The van der Waals surface area contributed by atoms with Gasteiger partial charge in [-0.15, -0.1) is 0 Å². The molecular weight excluding hydrogens is 231 g/mol. The Morgan fingerprint density at radius 2 is 1.69 bits per heavy atom. The van der Waals surface area contributed by atoms with E-state index >= 15 is 0 Å². The zero-order valence-corrected chi connectivity index (χ0v) is 8.46. The molecule has 0 amide bonds. The van der Waals surface area contributed by atoms with Crippen molar-refractivity contribution in [2.24, 2.45) is 0 Å². The number of benzene rings is 2. The molecule has 2 aromatic carbocycles. The Labute approximate surface area is 84.5 Å². The lowest BCUT2D eigenvalue weighted by molar-refractivity contribution is 0.481. The van der Waals surface area contributed by atoms with Crippen LogP contribution in [0.2, 0.25) is 0 Å². The lowest BCUT2D eigenvalue weighted by atomic mass is 10.1. The molecule has 0 bridgehead atoms. The normalized spacial score (nSPS) is 13.1. The zero-order chi connectivity index (χ0) is 9.26. The van der Waals surface area contributed by atoms with Crippen molar-refractivity contribution in [3.63, 3.8) is 0 Å². The fraction of sp³-hybridized carbons (Fsp3) is 0.0909. The van der Waals surface area contributed by atoms with E-state index < -0.39 is 5.08 Å². The van der Waals surface area contributed by atoms with Crippen molar-refractivity contribution < 1.29 is 4.39 Å². The molecular formula is C11H8BrF. The quantitative estimate of drug-likeness (QED) is 0.654. The van der Waals surface area contributed by atoms with Crippen molar-refractivity contribution in [1.29, 1.82) is 0 Å². The van der Waals surface area contributed by atoms with Gasteiger partial charge in [-0.25, -0.2) is 4.39 Å². The number of halogens is 2. The van der Waals surface area contributed by atoms with Crippen LogP contribution in [0.3, 0.4) is 0 Å². The standard InChI is InChI=1S/C11H8BrF/c12-11(13)10-7-3-5-8-4-1-2-6-9(8)10/h1-7,11H. The molecule has 66 valence electrons. The van der Waals surface area contributed by atoms with E-state index in [2.05, 4.69) is 15.9 Å². The summed E-state index contributed by atoms with van der Waals surface area (Å²) in [7, 11) is 0. The predicted molar refractivity (Wildman–Crippen MR) is 56.7 cm³/mol. The molecule has 0 N–H and O–H groups in total. The Morgan fingerprint density at radius 3 is 2.46 bits per heavy atom. The van der Waals surface area contributed by atoms with E-state index in [1.54, 1.807) is 6.07 Å². The molecule has 0 aliphatic heterocycles. The molecule has 1 unspecified atom stereocenters. The first-order chi connectivity index (χ1) is 6.29. The summed E-state index contributed by atoms with van der Waals surface area (Å²) < 4.78 is 13.1. The average molecular weight is 239 g/mol. The molecule has 0 saturated heterocycles. The summed E-state index contributed by atoms with van der Waals surface area (Å²) in [6.45, 7) is 0. The Morgan fingerprint density at radius 1 is 1.00 bits per heavy atom. The van der Waals surface area contributed by atoms with Crippen LogP contribution in [0.15, 0.2) is 42.5 Å². The van der Waals surface area contributed by atoms with Crippen molar-refractivity contribution in [1.82, 2.24) is 0 Å². The maximum atomic E-state index is 13.1. The second-order valence-electron chi connectivity index (χ2n) is 2.87. The highest BCUT2D eigenvalue weighted by molar-refractivity contribution is 9.09. The third-order valence-electron chi connectivity index (χ3n) is 2.06. The molecule has 2 aromatic rings. The van der Waals surface area contributed by atoms with Gasteiger partial charge in [0, 0.05) is 5.56 Å². The molecule has 2 heteroatoms. The van der Waals surface area contributed by atoms with Gasteiger partial charge in [0.15, 0.2) is 5.08 Å². The van der Waals surface area contributed by atoms with Gasteiger partial charge in [-0.05, 0) is 26.7 Å². The maximum Gasteiger partial charge on any atom is 0.180 e. The van der Waals surface area contributed by atoms with E-state index in [4.69, 9.17) is 0 Å². The predicted octanol–water partition coefficient (Wildman–Crippen LogP) is 4.20. The minimum absolute atomic E-state index is 0.693. The van der Waals surface area contributed by atoms with Gasteiger partial charge in [0.05, 0.1) is 0 Å². The van der Waals surface area contributed by atoms with Crippen LogP contribution < -0.4 is 0 Å². The van der Waals surface area contributed by atoms with Gasteiger partial charge in [0.1, 0.15) is 0 Å². The number of hydrogen-bond donors (Lipinski definition) is 0. The summed E-state index contributed by atoms with van der Waals surface area (Å²) in [6.07, 6.45) is 0. The molecule has 1 atom stereocenters. The third-order valence-corrected chi connectivity index (χ3v) is 2.55. The molecule has 0 aromatic heterocycles. The van der Waals surface area contributed by atoms with E-state index in [9.17, 15) is 4.39 Å². The molecule has 0 saturated carbocycles. The molecule has 0 nitrogen and oxygen atoms in total. The van der Waals surface area contributed by atoms with Crippen LogP contribution in [0.4, 0.5) is 4.39 Å². The van der Waals surface area contributed by atoms with Crippen LogP contribution in [-0.2, 0) is 0 Å². The van der Waals surface area contributed by atoms with Crippen LogP contribution in [0.1, 0.15) is 10.6 Å². The molecule has 0 aliphatic rings. The van der Waals surface area contributed by atoms with Crippen molar-refractivity contribution in [3.8, 4) is 0 Å². The monoisotopic (exact) mass is 238 g/mol. The van der Waals surface area contributed by atoms with Gasteiger partial charge in [0.2, 0.25) is 0 Å². The van der Waals surface area contributed by atoms with Crippen molar-refractivity contribution >= 4 is 26.7 Å². The van der Waals surface area contributed by atoms with Gasteiger partial charge in [0.25, 0.3) is 0 Å². The van der Waals surface area contributed by atoms with E-state index in [1.165, 1.54) is 0 Å². The van der Waals surface area contributed by atoms with Crippen molar-refractivity contribution in [3.05, 3.63) is 48.0 Å². The highest BCUT2D eigenvalue weighted by Crippen LogP contribution is 2.30. The van der Waals surface area contributed by atoms with Crippen molar-refractivity contribution in [2.75, 3.05) is 0 Å². The average Bonchev–Trinajstić information content (AvgIpc) is 2.17. The number of rotatable bonds is 1. The Bertz CT molecular complexity index is 418. The topological polar surface area (TPSA) is 0 Å². The fourth-order valence-electron chi connectivity index (χ4n) is 1.44. The lowest BCUT2D eigenvalue weighted by Gasteiger charge is -2.05. The van der Waals surface area contributed by atoms with Gasteiger partial charge >= 0.3 is 0 Å². The summed E-state index contributed by atoms with van der Waals surface area (Å²) in [5, 5.41) is 0.954. The molecule has 2 rings (SSSR count). The minimum atomic E-state index is -1.08. The summed E-state index contributed by atoms with van der Waals surface area (Å²) >= 11 is 2.94. The van der Waals surface area contributed by atoms with E-state index in [1.807, 2.05) is 36.4 Å². The van der Waals surface area contributed by atoms with E-state index in [0.29, 0.717) is 5.56 Å². The summed E-state index contributed by atoms with van der Waals surface area (Å²) in [4.78, 5) is 0. The van der Waals surface area contributed by atoms with Gasteiger partial charge in [-0.3, -0.25) is 0 Å². The second kappa shape index (κ2) is 3.46. The first kappa shape index (κ1) is 8.70. The van der Waals surface area contributed by atoms with Gasteiger partial charge in [-0.1, -0.05) is 42.5 Å². The first-order valence-corrected chi connectivity index (χ1v) is 4.96. The molecule has 0 spiro atoms. The van der Waals surface area contributed by atoms with E-state index in [-0.39, 0.29) is 0 Å². The zero-order valence-electron chi connectivity index (χ0n) is 6.87. The first-order valence-electron chi connectivity index (χ1n) is 4.05. The smallest absolute Gasteiger partial charge is 0.180 e. The lowest BCUT2D eigenvalue weighted by Crippen LogP contribution is -1.83. The molecule has 0 radical (unpaired) electrons. The highest BCUT2D eigenvalue weighted by Gasteiger charge is 2.07. The SMILES string of the molecule is FC(Br)c1cccc2ccccc12. The second-order valence-corrected chi connectivity index (χ2v) is 3.67. The molecule has 0 heterocycles. The Hall–Kier alpha value is -0.890. The third kappa shape index (κ3) is 1.59. The van der Waals surface area contributed by atoms with Crippen LogP contribution in [0.25, 0.3) is 10.8 Å². The Kier molecular flexibility index (Phi) is 2.32. The number of hydrogen-bond acceptors (Lipinski definition) is 0. The molecule has 0 aliphatic carbocycles. The van der Waals surface area contributed by atoms with Gasteiger partial charge in [-0.2, -0.15) is 0 Å².